The summed E-state index contributed by atoms with van der Waals surface area (Å²) >= 11 is 0. The van der Waals surface area contributed by atoms with Crippen LogP contribution in [0.5, 0.6) is 0 Å². The van der Waals surface area contributed by atoms with E-state index in [4.69, 9.17) is 10.6 Å². The average Bonchev–Trinajstić information content (AvgIpc) is 2.41. The van der Waals surface area contributed by atoms with Gasteiger partial charge in [0.1, 0.15) is 6.20 Å². The smallest absolute Gasteiger partial charge is 0.329 e. The molecule has 1 aromatic rings. The molecule has 0 saturated carbocycles. The van der Waals surface area contributed by atoms with Crippen molar-refractivity contribution in [3.63, 3.8) is 0 Å². The first-order chi connectivity index (χ1) is 9.54. The fourth-order valence-electron chi connectivity index (χ4n) is 1.37. The number of hydrogen-bond acceptors (Lipinski definition) is 8. The summed E-state index contributed by atoms with van der Waals surface area (Å²) < 4.78 is 5.41. The second kappa shape index (κ2) is 8.23. The molecule has 20 heavy (non-hydrogen) atoms. The standard InChI is InChI=1S/C11H20N6O3/c1-8(2)3-5-20-6-4-13-10-9(17(18)19)7-14-11(15-10)16-12/h7-8H,3-6,12H2,1-2H3,(H2,13,14,15,16). The molecular formula is C11H20N6O3. The van der Waals surface area contributed by atoms with Crippen molar-refractivity contribution in [2.24, 2.45) is 11.8 Å². The molecule has 9 nitrogen and oxygen atoms in total. The second-order valence-corrected chi connectivity index (χ2v) is 4.55. The molecule has 0 aliphatic rings. The molecule has 1 rings (SSSR count). The highest BCUT2D eigenvalue weighted by molar-refractivity contribution is 5.56. The van der Waals surface area contributed by atoms with Gasteiger partial charge < -0.3 is 10.1 Å². The molecule has 0 bridgehead atoms. The van der Waals surface area contributed by atoms with Crippen LogP contribution in [-0.2, 0) is 4.74 Å². The van der Waals surface area contributed by atoms with E-state index < -0.39 is 4.92 Å². The lowest BCUT2D eigenvalue weighted by atomic mass is 10.1. The molecule has 0 atom stereocenters. The summed E-state index contributed by atoms with van der Waals surface area (Å²) in [5.41, 5.74) is 2.04. The number of hydrogen-bond donors (Lipinski definition) is 3. The Morgan fingerprint density at radius 2 is 2.25 bits per heavy atom. The molecule has 4 N–H and O–H groups in total. The van der Waals surface area contributed by atoms with E-state index in [0.717, 1.165) is 12.6 Å². The molecule has 0 fully saturated rings. The van der Waals surface area contributed by atoms with E-state index in [1.165, 1.54) is 0 Å². The van der Waals surface area contributed by atoms with E-state index in [1.807, 2.05) is 0 Å². The Kier molecular flexibility index (Phi) is 6.60. The van der Waals surface area contributed by atoms with E-state index >= 15 is 0 Å². The lowest BCUT2D eigenvalue weighted by Crippen LogP contribution is -2.15. The Bertz CT molecular complexity index is 440. The molecule has 112 valence electrons. The molecule has 1 heterocycles. The van der Waals surface area contributed by atoms with Gasteiger partial charge in [0.2, 0.25) is 11.8 Å². The topological polar surface area (TPSA) is 128 Å². The molecule has 0 saturated heterocycles. The molecular weight excluding hydrogens is 264 g/mol. The van der Waals surface area contributed by atoms with Gasteiger partial charge in [0.25, 0.3) is 0 Å². The van der Waals surface area contributed by atoms with Gasteiger partial charge in [-0.25, -0.2) is 10.8 Å². The highest BCUT2D eigenvalue weighted by Gasteiger charge is 2.16. The van der Waals surface area contributed by atoms with Crippen molar-refractivity contribution in [3.8, 4) is 0 Å². The average molecular weight is 284 g/mol. The fourth-order valence-corrected chi connectivity index (χ4v) is 1.37. The highest BCUT2D eigenvalue weighted by Crippen LogP contribution is 2.21. The highest BCUT2D eigenvalue weighted by atomic mass is 16.6. The van der Waals surface area contributed by atoms with Gasteiger partial charge in [-0.05, 0) is 12.3 Å². The Hall–Kier alpha value is -2.00. The molecule has 0 aromatic carbocycles. The number of anilines is 2. The molecule has 0 radical (unpaired) electrons. The predicted molar refractivity (Wildman–Crippen MR) is 75.3 cm³/mol. The number of aromatic nitrogens is 2. The van der Waals surface area contributed by atoms with Crippen LogP contribution in [0.15, 0.2) is 6.20 Å². The minimum absolute atomic E-state index is 0.110. The van der Waals surface area contributed by atoms with Crippen LogP contribution in [-0.4, -0.2) is 34.6 Å². The third-order valence-corrected chi connectivity index (χ3v) is 2.47. The van der Waals surface area contributed by atoms with Crippen molar-refractivity contribution < 1.29 is 9.66 Å². The van der Waals surface area contributed by atoms with Crippen molar-refractivity contribution in [2.45, 2.75) is 20.3 Å². The molecule has 0 unspecified atom stereocenters. The first-order valence-corrected chi connectivity index (χ1v) is 6.34. The molecule has 1 aromatic heterocycles. The van der Waals surface area contributed by atoms with Gasteiger partial charge in [-0.3, -0.25) is 15.5 Å². The number of ether oxygens (including phenoxy) is 1. The Morgan fingerprint density at radius 1 is 1.50 bits per heavy atom. The van der Waals surface area contributed by atoms with Crippen LogP contribution in [0.1, 0.15) is 20.3 Å². The van der Waals surface area contributed by atoms with Crippen LogP contribution in [0, 0.1) is 16.0 Å². The number of nitro groups is 1. The van der Waals surface area contributed by atoms with Crippen LogP contribution < -0.4 is 16.6 Å². The van der Waals surface area contributed by atoms with E-state index in [2.05, 4.69) is 34.6 Å². The number of nitrogens with two attached hydrogens (primary N) is 1. The van der Waals surface area contributed by atoms with Gasteiger partial charge in [0.05, 0.1) is 11.5 Å². The summed E-state index contributed by atoms with van der Waals surface area (Å²) in [6.45, 7) is 5.76. The summed E-state index contributed by atoms with van der Waals surface area (Å²) in [7, 11) is 0. The lowest BCUT2D eigenvalue weighted by Gasteiger charge is -2.09. The molecule has 0 aliphatic carbocycles. The van der Waals surface area contributed by atoms with Gasteiger partial charge in [0.15, 0.2) is 0 Å². The van der Waals surface area contributed by atoms with Crippen LogP contribution in [0.2, 0.25) is 0 Å². The Morgan fingerprint density at radius 3 is 2.85 bits per heavy atom. The van der Waals surface area contributed by atoms with Crippen molar-refractivity contribution >= 4 is 17.5 Å². The number of rotatable bonds is 9. The summed E-state index contributed by atoms with van der Waals surface area (Å²) in [4.78, 5) is 17.9. The first kappa shape index (κ1) is 16.1. The first-order valence-electron chi connectivity index (χ1n) is 6.34. The molecule has 0 aliphatic heterocycles. The lowest BCUT2D eigenvalue weighted by molar-refractivity contribution is -0.384. The molecule has 0 amide bonds. The summed E-state index contributed by atoms with van der Waals surface area (Å²) in [5.74, 6) is 5.98. The van der Waals surface area contributed by atoms with Crippen LogP contribution >= 0.6 is 0 Å². The minimum Gasteiger partial charge on any atom is -0.380 e. The molecule has 0 spiro atoms. The maximum Gasteiger partial charge on any atom is 0.329 e. The largest absolute Gasteiger partial charge is 0.380 e. The van der Waals surface area contributed by atoms with E-state index in [9.17, 15) is 10.1 Å². The van der Waals surface area contributed by atoms with Crippen LogP contribution in [0.25, 0.3) is 0 Å². The number of nitrogens with one attached hydrogen (secondary N) is 2. The van der Waals surface area contributed by atoms with Gasteiger partial charge >= 0.3 is 5.69 Å². The Balaban J connectivity index is 2.47. The van der Waals surface area contributed by atoms with E-state index in [-0.39, 0.29) is 17.5 Å². The van der Waals surface area contributed by atoms with Crippen molar-refractivity contribution in [2.75, 3.05) is 30.5 Å². The third kappa shape index (κ3) is 5.33. The normalized spacial score (nSPS) is 10.6. The van der Waals surface area contributed by atoms with Crippen LogP contribution in [0.4, 0.5) is 17.5 Å². The maximum absolute atomic E-state index is 10.8. The maximum atomic E-state index is 10.8. The Labute approximate surface area is 117 Å². The molecule has 9 heteroatoms. The summed E-state index contributed by atoms with van der Waals surface area (Å²) in [6, 6.07) is 0. The second-order valence-electron chi connectivity index (χ2n) is 4.55. The van der Waals surface area contributed by atoms with Crippen LogP contribution in [0.3, 0.4) is 0 Å². The van der Waals surface area contributed by atoms with E-state index in [1.54, 1.807) is 0 Å². The van der Waals surface area contributed by atoms with Gasteiger partial charge in [-0.2, -0.15) is 4.98 Å². The third-order valence-electron chi connectivity index (χ3n) is 2.47. The van der Waals surface area contributed by atoms with Crippen molar-refractivity contribution in [3.05, 3.63) is 16.3 Å². The van der Waals surface area contributed by atoms with Gasteiger partial charge in [0, 0.05) is 13.2 Å². The van der Waals surface area contributed by atoms with Crippen molar-refractivity contribution in [1.29, 1.82) is 0 Å². The predicted octanol–water partition coefficient (Wildman–Crippen LogP) is 1.14. The van der Waals surface area contributed by atoms with E-state index in [0.29, 0.717) is 25.7 Å². The zero-order valence-corrected chi connectivity index (χ0v) is 11.6. The zero-order valence-electron chi connectivity index (χ0n) is 11.6. The van der Waals surface area contributed by atoms with Gasteiger partial charge in [-0.1, -0.05) is 13.8 Å². The number of hydrazine groups is 1. The SMILES string of the molecule is CC(C)CCOCCNc1nc(NN)ncc1[N+](=O)[O-]. The summed E-state index contributed by atoms with van der Waals surface area (Å²) in [6.07, 6.45) is 2.08. The quantitative estimate of drug-likeness (QED) is 0.266. The summed E-state index contributed by atoms with van der Waals surface area (Å²) in [5, 5.41) is 13.7. The zero-order chi connectivity index (χ0) is 15.0. The fraction of sp³-hybridized carbons (Fsp3) is 0.636. The number of nitrogen functional groups attached to an aromatic ring is 1. The number of nitrogens with zero attached hydrogens (tertiary/aromatic N) is 3. The minimum atomic E-state index is -0.553. The monoisotopic (exact) mass is 284 g/mol. The van der Waals surface area contributed by atoms with Gasteiger partial charge in [-0.15, -0.1) is 0 Å². The van der Waals surface area contributed by atoms with Crippen molar-refractivity contribution in [1.82, 2.24) is 9.97 Å².